The lowest BCUT2D eigenvalue weighted by Gasteiger charge is -2.13. The van der Waals surface area contributed by atoms with Crippen molar-refractivity contribution in [1.29, 1.82) is 0 Å². The Bertz CT molecular complexity index is 1120. The average Bonchev–Trinajstić information content (AvgIpc) is 2.63. The minimum Gasteiger partial charge on any atom is -0.495 e. The van der Waals surface area contributed by atoms with E-state index in [2.05, 4.69) is 4.98 Å². The lowest BCUT2D eigenvalue weighted by atomic mass is 10.1. The number of para-hydroxylation sites is 1. The Balaban J connectivity index is 2.41. The molecule has 0 saturated heterocycles. The van der Waals surface area contributed by atoms with Crippen LogP contribution in [0.15, 0.2) is 51.1 Å². The Morgan fingerprint density at radius 1 is 1.19 bits per heavy atom. The Morgan fingerprint density at radius 2 is 1.88 bits per heavy atom. The fourth-order valence-electron chi connectivity index (χ4n) is 2.81. The number of ketones is 1. The zero-order valence-corrected chi connectivity index (χ0v) is 16.0. The number of ether oxygens (including phenoxy) is 1. The highest BCUT2D eigenvalue weighted by Crippen LogP contribution is 2.29. The minimum atomic E-state index is -1.82. The van der Waals surface area contributed by atoms with Crippen molar-refractivity contribution in [1.82, 2.24) is 4.98 Å². The highest BCUT2D eigenvalue weighted by molar-refractivity contribution is 7.85. The van der Waals surface area contributed by atoms with Crippen molar-refractivity contribution in [3.63, 3.8) is 0 Å². The third kappa shape index (κ3) is 2.95. The fraction of sp³-hybridized carbons (Fsp3) is 0.158. The van der Waals surface area contributed by atoms with Crippen molar-refractivity contribution < 1.29 is 13.7 Å². The number of carbonyl (C=O) groups excluding carboxylic acids is 1. The second kappa shape index (κ2) is 7.05. The summed E-state index contributed by atoms with van der Waals surface area (Å²) in [7, 11) is -0.349. The largest absolute Gasteiger partial charge is 0.495 e. The topological polar surface area (TPSA) is 76.2 Å². The quantitative estimate of drug-likeness (QED) is 0.687. The zero-order chi connectivity index (χ0) is 19.0. The highest BCUT2D eigenvalue weighted by atomic mass is 35.5. The summed E-state index contributed by atoms with van der Waals surface area (Å²) in [4.78, 5) is 28.5. The maximum absolute atomic E-state index is 13.2. The number of aryl methyl sites for hydroxylation is 1. The van der Waals surface area contributed by atoms with Gasteiger partial charge in [0.05, 0.1) is 33.5 Å². The van der Waals surface area contributed by atoms with E-state index in [9.17, 15) is 13.8 Å². The van der Waals surface area contributed by atoms with E-state index in [0.29, 0.717) is 16.2 Å². The van der Waals surface area contributed by atoms with Crippen LogP contribution >= 0.6 is 11.6 Å². The number of hydrogen-bond acceptors (Lipinski definition) is 4. The number of aromatic amines is 1. The molecular weight excluding hydrogens is 374 g/mol. The predicted octanol–water partition coefficient (Wildman–Crippen LogP) is 3.87. The van der Waals surface area contributed by atoms with Gasteiger partial charge < -0.3 is 9.72 Å². The van der Waals surface area contributed by atoms with Gasteiger partial charge in [0.25, 0.3) is 0 Å². The molecule has 0 aliphatic heterocycles. The lowest BCUT2D eigenvalue weighted by Crippen LogP contribution is -2.20. The molecule has 1 unspecified atom stereocenters. The van der Waals surface area contributed by atoms with Gasteiger partial charge in [0.1, 0.15) is 21.6 Å². The van der Waals surface area contributed by atoms with E-state index in [1.807, 2.05) is 0 Å². The fourth-order valence-corrected chi connectivity index (χ4v) is 4.43. The first-order valence-corrected chi connectivity index (χ1v) is 9.30. The highest BCUT2D eigenvalue weighted by Gasteiger charge is 2.24. The summed E-state index contributed by atoms with van der Waals surface area (Å²) in [5.41, 5.74) is 0.535. The van der Waals surface area contributed by atoms with Crippen LogP contribution in [0.25, 0.3) is 10.9 Å². The maximum Gasteiger partial charge on any atom is 0.202 e. The van der Waals surface area contributed by atoms with Gasteiger partial charge >= 0.3 is 0 Å². The number of hydrogen-bond donors (Lipinski definition) is 1. The Morgan fingerprint density at radius 3 is 2.54 bits per heavy atom. The number of carbonyl (C=O) groups is 1. The smallest absolute Gasteiger partial charge is 0.202 e. The van der Waals surface area contributed by atoms with Crippen molar-refractivity contribution in [3.05, 3.63) is 62.8 Å². The molecule has 1 N–H and O–H groups in total. The first-order valence-electron chi connectivity index (χ1n) is 7.77. The van der Waals surface area contributed by atoms with Crippen molar-refractivity contribution in [3.8, 4) is 5.75 Å². The van der Waals surface area contributed by atoms with E-state index in [-0.39, 0.29) is 21.0 Å². The van der Waals surface area contributed by atoms with E-state index >= 15 is 0 Å². The van der Waals surface area contributed by atoms with Crippen LogP contribution in [0.1, 0.15) is 22.8 Å². The molecule has 7 heteroatoms. The van der Waals surface area contributed by atoms with E-state index in [1.165, 1.54) is 14.0 Å². The summed E-state index contributed by atoms with van der Waals surface area (Å²) in [6, 6.07) is 10.1. The van der Waals surface area contributed by atoms with Crippen molar-refractivity contribution in [2.24, 2.45) is 0 Å². The molecule has 1 heterocycles. The Kier molecular flexibility index (Phi) is 4.98. The first-order chi connectivity index (χ1) is 12.4. The minimum absolute atomic E-state index is 0.0462. The number of nitrogens with one attached hydrogen (secondary N) is 1. The van der Waals surface area contributed by atoms with Gasteiger partial charge in [-0.25, -0.2) is 4.21 Å². The van der Waals surface area contributed by atoms with E-state index in [1.54, 1.807) is 43.3 Å². The molecule has 0 saturated carbocycles. The second-order valence-corrected chi connectivity index (χ2v) is 7.54. The molecule has 0 aliphatic rings. The molecular formula is C19H16ClNO4S. The van der Waals surface area contributed by atoms with Crippen LogP contribution in [0.4, 0.5) is 0 Å². The molecule has 2 aromatic carbocycles. The number of pyridine rings is 1. The Labute approximate surface area is 157 Å². The predicted molar refractivity (Wildman–Crippen MR) is 102 cm³/mol. The third-order valence-corrected chi connectivity index (χ3v) is 5.82. The third-order valence-electron chi connectivity index (χ3n) is 4.09. The van der Waals surface area contributed by atoms with Crippen molar-refractivity contribution >= 4 is 39.1 Å². The van der Waals surface area contributed by atoms with Crippen LogP contribution in [0.5, 0.6) is 5.75 Å². The summed E-state index contributed by atoms with van der Waals surface area (Å²) in [6.07, 6.45) is 0. The lowest BCUT2D eigenvalue weighted by molar-refractivity contribution is 0.101. The molecule has 1 aromatic heterocycles. The Hall–Kier alpha value is -2.44. The van der Waals surface area contributed by atoms with Gasteiger partial charge in [-0.15, -0.1) is 0 Å². The van der Waals surface area contributed by atoms with Gasteiger partial charge in [-0.05, 0) is 37.6 Å². The molecule has 5 nitrogen and oxygen atoms in total. The van der Waals surface area contributed by atoms with E-state index in [4.69, 9.17) is 16.3 Å². The van der Waals surface area contributed by atoms with Crippen LogP contribution in [-0.4, -0.2) is 22.1 Å². The number of halogens is 1. The standard InChI is InChI=1S/C19H16ClNO4S/c1-10-8-9-12(20)16-17(10)21-19(15(11(2)22)18(16)23)26(24)14-7-5-4-6-13(14)25-3/h4-9H,1-3H3,(H,21,23). The van der Waals surface area contributed by atoms with Gasteiger partial charge in [0.2, 0.25) is 5.43 Å². The molecule has 0 radical (unpaired) electrons. The van der Waals surface area contributed by atoms with Gasteiger partial charge in [-0.2, -0.15) is 0 Å². The number of H-pyrrole nitrogens is 1. The maximum atomic E-state index is 13.2. The van der Waals surface area contributed by atoms with Crippen LogP contribution < -0.4 is 10.2 Å². The molecule has 3 rings (SSSR count). The van der Waals surface area contributed by atoms with E-state index in [0.717, 1.165) is 5.56 Å². The van der Waals surface area contributed by atoms with Crippen LogP contribution in [0.2, 0.25) is 5.02 Å². The number of aromatic nitrogens is 1. The van der Waals surface area contributed by atoms with Gasteiger partial charge in [-0.3, -0.25) is 9.59 Å². The van der Waals surface area contributed by atoms with Gasteiger partial charge in [0, 0.05) is 0 Å². The van der Waals surface area contributed by atoms with Crippen LogP contribution in [0, 0.1) is 6.92 Å². The summed E-state index contributed by atoms with van der Waals surface area (Å²) >= 11 is 6.18. The molecule has 0 spiro atoms. The monoisotopic (exact) mass is 389 g/mol. The SMILES string of the molecule is COc1ccccc1S(=O)c1[nH]c2c(C)ccc(Cl)c2c(=O)c1C(C)=O. The van der Waals surface area contributed by atoms with Gasteiger partial charge in [-0.1, -0.05) is 29.8 Å². The number of Topliss-reactive ketones (excluding diaryl/α,β-unsaturated/α-hetero) is 1. The normalized spacial score (nSPS) is 12.2. The number of methoxy groups -OCH3 is 1. The first kappa shape index (κ1) is 18.4. The summed E-state index contributed by atoms with van der Waals surface area (Å²) in [6.45, 7) is 3.07. The molecule has 0 amide bonds. The second-order valence-electron chi connectivity index (χ2n) is 5.75. The molecule has 134 valence electrons. The molecule has 1 atom stereocenters. The summed E-state index contributed by atoms with van der Waals surface area (Å²) < 4.78 is 18.5. The van der Waals surface area contributed by atoms with Crippen molar-refractivity contribution in [2.75, 3.05) is 7.11 Å². The van der Waals surface area contributed by atoms with Crippen LogP contribution in [0.3, 0.4) is 0 Å². The zero-order valence-electron chi connectivity index (χ0n) is 14.4. The molecule has 0 aliphatic carbocycles. The summed E-state index contributed by atoms with van der Waals surface area (Å²) in [5.74, 6) is -0.0759. The summed E-state index contributed by atoms with van der Waals surface area (Å²) in [5, 5.41) is 0.506. The number of rotatable bonds is 4. The molecule has 0 fully saturated rings. The van der Waals surface area contributed by atoms with Crippen molar-refractivity contribution in [2.45, 2.75) is 23.8 Å². The molecule has 0 bridgehead atoms. The molecule has 26 heavy (non-hydrogen) atoms. The average molecular weight is 390 g/mol. The number of fused-ring (bicyclic) bond motifs is 1. The van der Waals surface area contributed by atoms with Crippen LogP contribution in [-0.2, 0) is 10.8 Å². The van der Waals surface area contributed by atoms with Gasteiger partial charge in [0.15, 0.2) is 5.78 Å². The van der Waals surface area contributed by atoms with E-state index < -0.39 is 22.0 Å². The number of benzene rings is 2. The molecule has 3 aromatic rings.